The Hall–Kier alpha value is -3.04. The first kappa shape index (κ1) is 17.8. The lowest BCUT2D eigenvalue weighted by molar-refractivity contribution is -0.153. The average Bonchev–Trinajstić information content (AvgIpc) is 2.90. The maximum atomic E-state index is 13.4. The summed E-state index contributed by atoms with van der Waals surface area (Å²) in [6, 6.07) is 8.24. The Labute approximate surface area is 144 Å². The maximum Gasteiger partial charge on any atom is 0.422 e. The standard InChI is InChI=1S/C16H14F4N4O2/c17-11-4-5-13(26-10-16(18,19)20)12(9-11)21-6-8-24-15(25)23-7-2-1-3-14(23)22-24/h1-5,7,9,21H,6,8,10H2. The van der Waals surface area contributed by atoms with Crippen molar-refractivity contribution in [3.8, 4) is 5.75 Å². The van der Waals surface area contributed by atoms with Gasteiger partial charge in [-0.2, -0.15) is 13.2 Å². The molecule has 0 saturated carbocycles. The quantitative estimate of drug-likeness (QED) is 0.678. The van der Waals surface area contributed by atoms with Crippen LogP contribution in [0, 0.1) is 5.82 Å². The van der Waals surface area contributed by atoms with Crippen molar-refractivity contribution in [1.82, 2.24) is 14.2 Å². The van der Waals surface area contributed by atoms with Gasteiger partial charge in [0.2, 0.25) is 0 Å². The van der Waals surface area contributed by atoms with Crippen molar-refractivity contribution in [3.63, 3.8) is 0 Å². The minimum atomic E-state index is -4.50. The van der Waals surface area contributed by atoms with Gasteiger partial charge in [0.05, 0.1) is 12.2 Å². The predicted octanol–water partition coefficient (Wildman–Crippen LogP) is 2.69. The minimum absolute atomic E-state index is 0.0612. The van der Waals surface area contributed by atoms with Crippen LogP contribution in [-0.2, 0) is 6.54 Å². The first-order valence-electron chi connectivity index (χ1n) is 7.61. The number of alkyl halides is 3. The van der Waals surface area contributed by atoms with Crippen LogP contribution in [0.5, 0.6) is 5.75 Å². The molecule has 3 rings (SSSR count). The molecule has 2 heterocycles. The molecule has 3 aromatic rings. The molecule has 6 nitrogen and oxygen atoms in total. The molecule has 0 aliphatic rings. The van der Waals surface area contributed by atoms with E-state index in [1.54, 1.807) is 24.4 Å². The number of pyridine rings is 1. The van der Waals surface area contributed by atoms with E-state index in [1.807, 2.05) is 0 Å². The van der Waals surface area contributed by atoms with Crippen LogP contribution in [0.2, 0.25) is 0 Å². The molecule has 2 aromatic heterocycles. The number of fused-ring (bicyclic) bond motifs is 1. The van der Waals surface area contributed by atoms with Crippen LogP contribution in [0.3, 0.4) is 0 Å². The molecule has 138 valence electrons. The summed E-state index contributed by atoms with van der Waals surface area (Å²) in [5, 5.41) is 6.89. The first-order chi connectivity index (χ1) is 12.3. The summed E-state index contributed by atoms with van der Waals surface area (Å²) in [5.41, 5.74) is 0.179. The largest absolute Gasteiger partial charge is 0.482 e. The van der Waals surface area contributed by atoms with Crippen LogP contribution in [0.25, 0.3) is 5.65 Å². The lowest BCUT2D eigenvalue weighted by Gasteiger charge is -2.14. The van der Waals surface area contributed by atoms with Crippen molar-refractivity contribution in [2.45, 2.75) is 12.7 Å². The Morgan fingerprint density at radius 2 is 2.00 bits per heavy atom. The van der Waals surface area contributed by atoms with Crippen LogP contribution >= 0.6 is 0 Å². The fourth-order valence-electron chi connectivity index (χ4n) is 2.34. The van der Waals surface area contributed by atoms with Gasteiger partial charge in [0.15, 0.2) is 12.3 Å². The van der Waals surface area contributed by atoms with Gasteiger partial charge < -0.3 is 10.1 Å². The van der Waals surface area contributed by atoms with E-state index in [2.05, 4.69) is 15.2 Å². The predicted molar refractivity (Wildman–Crippen MR) is 85.9 cm³/mol. The van der Waals surface area contributed by atoms with Crippen molar-refractivity contribution in [2.75, 3.05) is 18.5 Å². The van der Waals surface area contributed by atoms with Gasteiger partial charge in [-0.3, -0.25) is 4.40 Å². The van der Waals surface area contributed by atoms with Crippen molar-refractivity contribution in [2.24, 2.45) is 0 Å². The number of anilines is 1. The lowest BCUT2D eigenvalue weighted by Crippen LogP contribution is -2.24. The number of hydrogen-bond acceptors (Lipinski definition) is 4. The molecule has 0 spiro atoms. The monoisotopic (exact) mass is 370 g/mol. The molecule has 0 saturated heterocycles. The van der Waals surface area contributed by atoms with Gasteiger partial charge in [0, 0.05) is 18.8 Å². The molecule has 10 heteroatoms. The van der Waals surface area contributed by atoms with Gasteiger partial charge in [0.1, 0.15) is 11.6 Å². The number of aromatic nitrogens is 3. The average molecular weight is 370 g/mol. The van der Waals surface area contributed by atoms with Crippen LogP contribution in [0.4, 0.5) is 23.2 Å². The van der Waals surface area contributed by atoms with Crippen molar-refractivity contribution in [1.29, 1.82) is 0 Å². The zero-order valence-electron chi connectivity index (χ0n) is 13.3. The highest BCUT2D eigenvalue weighted by Crippen LogP contribution is 2.27. The number of benzene rings is 1. The molecule has 1 aromatic carbocycles. The Kier molecular flexibility index (Phi) is 4.83. The zero-order valence-corrected chi connectivity index (χ0v) is 13.3. The first-order valence-corrected chi connectivity index (χ1v) is 7.61. The summed E-state index contributed by atoms with van der Waals surface area (Å²) >= 11 is 0. The SMILES string of the molecule is O=c1n(CCNc2cc(F)ccc2OCC(F)(F)F)nc2ccccn12. The second-order valence-electron chi connectivity index (χ2n) is 5.41. The van der Waals surface area contributed by atoms with Crippen LogP contribution in [-0.4, -0.2) is 33.5 Å². The van der Waals surface area contributed by atoms with E-state index < -0.39 is 18.6 Å². The third kappa shape index (κ3) is 4.13. The number of hydrogen-bond donors (Lipinski definition) is 1. The van der Waals surface area contributed by atoms with Gasteiger partial charge in [-0.1, -0.05) is 6.07 Å². The van der Waals surface area contributed by atoms with E-state index in [-0.39, 0.29) is 30.2 Å². The molecule has 0 radical (unpaired) electrons. The van der Waals surface area contributed by atoms with E-state index in [0.29, 0.717) is 5.65 Å². The molecule has 0 amide bonds. The van der Waals surface area contributed by atoms with E-state index in [1.165, 1.54) is 9.08 Å². The summed E-state index contributed by atoms with van der Waals surface area (Å²) in [6.07, 6.45) is -2.93. The van der Waals surface area contributed by atoms with E-state index >= 15 is 0 Å². The van der Waals surface area contributed by atoms with E-state index in [0.717, 1.165) is 18.2 Å². The Bertz CT molecular complexity index is 965. The number of ether oxygens (including phenoxy) is 1. The van der Waals surface area contributed by atoms with E-state index in [4.69, 9.17) is 0 Å². The van der Waals surface area contributed by atoms with Gasteiger partial charge in [-0.15, -0.1) is 5.10 Å². The summed E-state index contributed by atoms with van der Waals surface area (Å²) in [5.74, 6) is -0.761. The highest BCUT2D eigenvalue weighted by molar-refractivity contribution is 5.56. The third-order valence-electron chi connectivity index (χ3n) is 3.46. The van der Waals surface area contributed by atoms with Crippen LogP contribution in [0.15, 0.2) is 47.4 Å². The molecule has 0 unspecified atom stereocenters. The second kappa shape index (κ2) is 7.06. The Morgan fingerprint density at radius 3 is 2.73 bits per heavy atom. The van der Waals surface area contributed by atoms with Gasteiger partial charge >= 0.3 is 11.9 Å². The molecule has 0 aliphatic heterocycles. The zero-order chi connectivity index (χ0) is 18.7. The van der Waals surface area contributed by atoms with Gasteiger partial charge in [0.25, 0.3) is 0 Å². The molecule has 0 fully saturated rings. The number of rotatable bonds is 6. The molecule has 0 atom stereocenters. The van der Waals surface area contributed by atoms with Gasteiger partial charge in [-0.05, 0) is 24.3 Å². The Morgan fingerprint density at radius 1 is 1.19 bits per heavy atom. The fraction of sp³-hybridized carbons (Fsp3) is 0.250. The van der Waals surface area contributed by atoms with Crippen LogP contribution < -0.4 is 15.7 Å². The van der Waals surface area contributed by atoms with Crippen molar-refractivity contribution in [3.05, 3.63) is 58.9 Å². The second-order valence-corrected chi connectivity index (χ2v) is 5.41. The maximum absolute atomic E-state index is 13.4. The normalized spacial score (nSPS) is 11.7. The number of halogens is 4. The smallest absolute Gasteiger partial charge is 0.422 e. The minimum Gasteiger partial charge on any atom is -0.482 e. The lowest BCUT2D eigenvalue weighted by atomic mass is 10.3. The number of nitrogens with one attached hydrogen (secondary N) is 1. The molecule has 0 bridgehead atoms. The highest BCUT2D eigenvalue weighted by Gasteiger charge is 2.28. The third-order valence-corrected chi connectivity index (χ3v) is 3.46. The molecular formula is C16H14F4N4O2. The summed E-state index contributed by atoms with van der Waals surface area (Å²) in [4.78, 5) is 12.1. The molecule has 26 heavy (non-hydrogen) atoms. The number of nitrogens with zero attached hydrogens (tertiary/aromatic N) is 3. The molecule has 1 N–H and O–H groups in total. The summed E-state index contributed by atoms with van der Waals surface area (Å²) in [7, 11) is 0. The van der Waals surface area contributed by atoms with Crippen molar-refractivity contribution < 1.29 is 22.3 Å². The molecular weight excluding hydrogens is 356 g/mol. The molecule has 0 aliphatic carbocycles. The summed E-state index contributed by atoms with van der Waals surface area (Å²) in [6.45, 7) is -1.22. The van der Waals surface area contributed by atoms with Crippen LogP contribution in [0.1, 0.15) is 0 Å². The van der Waals surface area contributed by atoms with Crippen molar-refractivity contribution >= 4 is 11.3 Å². The summed E-state index contributed by atoms with van der Waals surface area (Å²) < 4.78 is 57.6. The van der Waals surface area contributed by atoms with Gasteiger partial charge in [-0.25, -0.2) is 13.9 Å². The highest BCUT2D eigenvalue weighted by atomic mass is 19.4. The fourth-order valence-corrected chi connectivity index (χ4v) is 2.34. The Balaban J connectivity index is 1.69. The van der Waals surface area contributed by atoms with E-state index in [9.17, 15) is 22.4 Å². The topological polar surface area (TPSA) is 60.6 Å².